The highest BCUT2D eigenvalue weighted by Crippen LogP contribution is 2.46. The Hall–Kier alpha value is -3.12. The van der Waals surface area contributed by atoms with E-state index in [1.54, 1.807) is 0 Å². The number of carbonyl (C=O) groups is 2. The standard InChI is InChI=1S/C24H25N3O3/c1-15-18-9-5-6-10-20(18)30-23(15)24(29)27-12-17-11-26(14-21(25)28)13-19(17)22(27)16-7-3-2-4-8-16/h2-10,17,19,22H,11-14H2,1H3,(H2,25,28)/t17-,19-,22-/m0/s1. The molecule has 6 nitrogen and oxygen atoms in total. The summed E-state index contributed by atoms with van der Waals surface area (Å²) in [6.45, 7) is 4.40. The Kier molecular flexibility index (Phi) is 4.59. The van der Waals surface area contributed by atoms with E-state index in [0.717, 1.165) is 35.2 Å². The van der Waals surface area contributed by atoms with Crippen LogP contribution in [0.2, 0.25) is 0 Å². The number of primary amides is 1. The number of carbonyl (C=O) groups excluding carboxylic acids is 2. The van der Waals surface area contributed by atoms with Crippen molar-refractivity contribution in [3.05, 3.63) is 71.5 Å². The Morgan fingerprint density at radius 2 is 1.77 bits per heavy atom. The van der Waals surface area contributed by atoms with Crippen LogP contribution in [-0.4, -0.2) is 47.8 Å². The van der Waals surface area contributed by atoms with E-state index in [-0.39, 0.29) is 30.3 Å². The number of hydrogen-bond acceptors (Lipinski definition) is 4. The lowest BCUT2D eigenvalue weighted by Crippen LogP contribution is -2.38. The van der Waals surface area contributed by atoms with E-state index in [1.807, 2.05) is 54.3 Å². The van der Waals surface area contributed by atoms with Crippen LogP contribution in [0.15, 0.2) is 59.0 Å². The van der Waals surface area contributed by atoms with Crippen molar-refractivity contribution < 1.29 is 14.0 Å². The molecule has 2 amide bonds. The highest BCUT2D eigenvalue weighted by atomic mass is 16.3. The smallest absolute Gasteiger partial charge is 0.290 e. The molecule has 0 unspecified atom stereocenters. The number of furan rings is 1. The third kappa shape index (κ3) is 3.08. The van der Waals surface area contributed by atoms with Crippen LogP contribution in [0.3, 0.4) is 0 Å². The molecule has 2 saturated heterocycles. The first-order valence-corrected chi connectivity index (χ1v) is 10.4. The Bertz CT molecular complexity index is 1110. The molecule has 5 rings (SSSR count). The maximum atomic E-state index is 13.7. The fraction of sp³-hybridized carbons (Fsp3) is 0.333. The van der Waals surface area contributed by atoms with Gasteiger partial charge in [0.2, 0.25) is 5.91 Å². The summed E-state index contributed by atoms with van der Waals surface area (Å²) in [5, 5.41) is 0.976. The van der Waals surface area contributed by atoms with Gasteiger partial charge in [-0.25, -0.2) is 0 Å². The number of rotatable bonds is 4. The van der Waals surface area contributed by atoms with Crippen LogP contribution in [-0.2, 0) is 4.79 Å². The fourth-order valence-electron chi connectivity index (χ4n) is 5.28. The first-order chi connectivity index (χ1) is 14.5. The van der Waals surface area contributed by atoms with Gasteiger partial charge in [-0.05, 0) is 24.5 Å². The van der Waals surface area contributed by atoms with Gasteiger partial charge in [0.1, 0.15) is 5.58 Å². The zero-order chi connectivity index (χ0) is 20.8. The van der Waals surface area contributed by atoms with E-state index in [0.29, 0.717) is 18.2 Å². The lowest BCUT2D eigenvalue weighted by Gasteiger charge is -2.29. The van der Waals surface area contributed by atoms with Crippen LogP contribution >= 0.6 is 0 Å². The summed E-state index contributed by atoms with van der Waals surface area (Å²) in [4.78, 5) is 29.1. The predicted octanol–water partition coefficient (Wildman–Crippen LogP) is 2.97. The van der Waals surface area contributed by atoms with E-state index >= 15 is 0 Å². The number of amides is 2. The SMILES string of the molecule is Cc1c(C(=O)N2C[C@@H]3CN(CC(N)=O)C[C@@H]3[C@@H]2c2ccccc2)oc2ccccc12. The van der Waals surface area contributed by atoms with Gasteiger partial charge >= 0.3 is 0 Å². The molecule has 30 heavy (non-hydrogen) atoms. The number of aryl methyl sites for hydroxylation is 1. The van der Waals surface area contributed by atoms with Crippen molar-refractivity contribution in [2.24, 2.45) is 17.6 Å². The molecule has 154 valence electrons. The molecule has 0 bridgehead atoms. The van der Waals surface area contributed by atoms with E-state index < -0.39 is 0 Å². The Balaban J connectivity index is 1.50. The maximum Gasteiger partial charge on any atom is 0.290 e. The van der Waals surface area contributed by atoms with Crippen LogP contribution in [0.1, 0.15) is 27.7 Å². The molecule has 1 aromatic heterocycles. The minimum atomic E-state index is -0.308. The zero-order valence-electron chi connectivity index (χ0n) is 17.0. The van der Waals surface area contributed by atoms with Gasteiger partial charge in [0.05, 0.1) is 12.6 Å². The molecule has 0 spiro atoms. The van der Waals surface area contributed by atoms with Gasteiger partial charge in [0, 0.05) is 36.5 Å². The van der Waals surface area contributed by atoms with E-state index in [9.17, 15) is 9.59 Å². The molecule has 3 atom stereocenters. The highest BCUT2D eigenvalue weighted by molar-refractivity contribution is 5.99. The monoisotopic (exact) mass is 403 g/mol. The normalized spacial score (nSPS) is 23.8. The van der Waals surface area contributed by atoms with Gasteiger partial charge in [-0.3, -0.25) is 14.5 Å². The molecule has 3 aromatic rings. The van der Waals surface area contributed by atoms with Crippen LogP contribution in [0.25, 0.3) is 11.0 Å². The molecule has 2 aromatic carbocycles. The molecule has 2 fully saturated rings. The van der Waals surface area contributed by atoms with Crippen molar-refractivity contribution in [2.75, 3.05) is 26.2 Å². The average Bonchev–Trinajstić information content (AvgIpc) is 3.38. The lowest BCUT2D eigenvalue weighted by molar-refractivity contribution is -0.119. The number of nitrogens with zero attached hydrogens (tertiary/aromatic N) is 2. The van der Waals surface area contributed by atoms with E-state index in [1.165, 1.54) is 0 Å². The van der Waals surface area contributed by atoms with Gasteiger partial charge in [0.25, 0.3) is 5.91 Å². The number of hydrogen-bond donors (Lipinski definition) is 1. The Labute approximate surface area is 175 Å². The molecule has 0 aliphatic carbocycles. The van der Waals surface area contributed by atoms with Crippen LogP contribution < -0.4 is 5.73 Å². The van der Waals surface area contributed by atoms with Crippen molar-refractivity contribution >= 4 is 22.8 Å². The summed E-state index contributed by atoms with van der Waals surface area (Å²) in [6.07, 6.45) is 0. The first-order valence-electron chi connectivity index (χ1n) is 10.4. The summed E-state index contributed by atoms with van der Waals surface area (Å²) >= 11 is 0. The van der Waals surface area contributed by atoms with Crippen molar-refractivity contribution in [3.8, 4) is 0 Å². The Morgan fingerprint density at radius 3 is 2.50 bits per heavy atom. The minimum Gasteiger partial charge on any atom is -0.451 e. The molecular weight excluding hydrogens is 378 g/mol. The highest BCUT2D eigenvalue weighted by Gasteiger charge is 2.49. The molecule has 0 radical (unpaired) electrons. The summed E-state index contributed by atoms with van der Waals surface area (Å²) < 4.78 is 5.99. The van der Waals surface area contributed by atoms with Crippen molar-refractivity contribution in [1.82, 2.24) is 9.80 Å². The lowest BCUT2D eigenvalue weighted by atomic mass is 9.89. The van der Waals surface area contributed by atoms with Crippen LogP contribution in [0.4, 0.5) is 0 Å². The minimum absolute atomic E-state index is 0.0470. The number of fused-ring (bicyclic) bond motifs is 2. The van der Waals surface area contributed by atoms with Crippen LogP contribution in [0, 0.1) is 18.8 Å². The van der Waals surface area contributed by atoms with Gasteiger partial charge in [-0.2, -0.15) is 0 Å². The number of benzene rings is 2. The number of likely N-dealkylation sites (tertiary alicyclic amines) is 2. The second kappa shape index (κ2) is 7.29. The third-order valence-corrected chi connectivity index (χ3v) is 6.56. The summed E-state index contributed by atoms with van der Waals surface area (Å²) in [5.74, 6) is 0.625. The maximum absolute atomic E-state index is 13.7. The van der Waals surface area contributed by atoms with Crippen molar-refractivity contribution in [1.29, 1.82) is 0 Å². The average molecular weight is 403 g/mol. The zero-order valence-corrected chi connectivity index (χ0v) is 17.0. The second-order valence-electron chi connectivity index (χ2n) is 8.45. The molecule has 2 aliphatic heterocycles. The Morgan fingerprint density at radius 1 is 1.03 bits per heavy atom. The van der Waals surface area contributed by atoms with Gasteiger partial charge in [-0.15, -0.1) is 0 Å². The third-order valence-electron chi connectivity index (χ3n) is 6.56. The van der Waals surface area contributed by atoms with E-state index in [4.69, 9.17) is 10.2 Å². The number of nitrogens with two attached hydrogens (primary N) is 1. The fourth-order valence-corrected chi connectivity index (χ4v) is 5.28. The molecule has 6 heteroatoms. The topological polar surface area (TPSA) is 79.8 Å². The molecule has 0 saturated carbocycles. The molecular formula is C24H25N3O3. The summed E-state index contributed by atoms with van der Waals surface area (Å²) in [5.41, 5.74) is 8.16. The summed E-state index contributed by atoms with van der Waals surface area (Å²) in [7, 11) is 0. The van der Waals surface area contributed by atoms with Gasteiger partial charge in [-0.1, -0.05) is 48.5 Å². The predicted molar refractivity (Wildman–Crippen MR) is 114 cm³/mol. The van der Waals surface area contributed by atoms with Gasteiger partial charge in [0.15, 0.2) is 5.76 Å². The first kappa shape index (κ1) is 18.9. The summed E-state index contributed by atoms with van der Waals surface area (Å²) in [6, 6.07) is 17.9. The van der Waals surface area contributed by atoms with E-state index in [2.05, 4.69) is 17.0 Å². The molecule has 3 heterocycles. The molecule has 2 aliphatic rings. The van der Waals surface area contributed by atoms with Gasteiger partial charge < -0.3 is 15.1 Å². The van der Waals surface area contributed by atoms with Crippen molar-refractivity contribution in [3.63, 3.8) is 0 Å². The molecule has 2 N–H and O–H groups in total. The van der Waals surface area contributed by atoms with Crippen LogP contribution in [0.5, 0.6) is 0 Å². The largest absolute Gasteiger partial charge is 0.451 e. The second-order valence-corrected chi connectivity index (χ2v) is 8.45. The van der Waals surface area contributed by atoms with Crippen molar-refractivity contribution in [2.45, 2.75) is 13.0 Å². The number of para-hydroxylation sites is 1. The quantitative estimate of drug-likeness (QED) is 0.726.